The van der Waals surface area contributed by atoms with E-state index in [4.69, 9.17) is 0 Å². The quantitative estimate of drug-likeness (QED) is 0.554. The summed E-state index contributed by atoms with van der Waals surface area (Å²) in [6.45, 7) is 0.881. The Morgan fingerprint density at radius 1 is 1.60 bits per heavy atom. The molecule has 1 saturated heterocycles. The Hall–Kier alpha value is 0.200. The van der Waals surface area contributed by atoms with Crippen LogP contribution < -0.4 is 5.32 Å². The molecule has 2 nitrogen and oxygen atoms in total. The second-order valence-electron chi connectivity index (χ2n) is 2.70. The first-order chi connectivity index (χ1) is 4.83. The number of alkyl halides is 1. The van der Waals surface area contributed by atoms with E-state index >= 15 is 0 Å². The van der Waals surface area contributed by atoms with Crippen molar-refractivity contribution in [3.05, 3.63) is 0 Å². The maximum absolute atomic E-state index is 10.8. The summed E-state index contributed by atoms with van der Waals surface area (Å²) < 4.78 is 1.19. The molecule has 1 aliphatic rings. The molecule has 0 aromatic rings. The van der Waals surface area contributed by atoms with Crippen LogP contribution in [0.2, 0.25) is 0 Å². The first-order valence-electron chi connectivity index (χ1n) is 3.65. The summed E-state index contributed by atoms with van der Waals surface area (Å²) in [6, 6.07) is 0. The number of hydrogen-bond donors (Lipinski definition) is 1. The van der Waals surface area contributed by atoms with Crippen molar-refractivity contribution < 1.29 is 4.79 Å². The second kappa shape index (κ2) is 4.16. The van der Waals surface area contributed by atoms with Gasteiger partial charge in [0.1, 0.15) is 0 Å². The Bertz CT molecular complexity index is 127. The number of carbonyl (C=O) groups is 1. The van der Waals surface area contributed by atoms with Gasteiger partial charge in [-0.15, -0.1) is 0 Å². The number of hydrogen-bond acceptors (Lipinski definition) is 1. The molecule has 0 aromatic carbocycles. The summed E-state index contributed by atoms with van der Waals surface area (Å²) in [4.78, 5) is 10.8. The van der Waals surface area contributed by atoms with Gasteiger partial charge < -0.3 is 5.32 Å². The molecule has 1 atom stereocenters. The smallest absolute Gasteiger partial charge is 0.220 e. The van der Waals surface area contributed by atoms with Gasteiger partial charge in [0.2, 0.25) is 5.91 Å². The first-order valence-corrected chi connectivity index (χ1v) is 5.18. The highest BCUT2D eigenvalue weighted by atomic mass is 127. The molecular weight excluding hydrogens is 241 g/mol. The molecule has 1 rings (SSSR count). The van der Waals surface area contributed by atoms with Crippen LogP contribution in [0.5, 0.6) is 0 Å². The Morgan fingerprint density at radius 3 is 3.10 bits per heavy atom. The third-order valence-electron chi connectivity index (χ3n) is 1.87. The van der Waals surface area contributed by atoms with Crippen molar-refractivity contribution in [2.24, 2.45) is 5.92 Å². The van der Waals surface area contributed by atoms with Gasteiger partial charge in [-0.3, -0.25) is 4.79 Å². The normalized spacial score (nSPS) is 27.3. The van der Waals surface area contributed by atoms with Crippen LogP contribution in [0.3, 0.4) is 0 Å². The van der Waals surface area contributed by atoms with E-state index in [0.29, 0.717) is 0 Å². The van der Waals surface area contributed by atoms with Crippen LogP contribution in [-0.2, 0) is 4.79 Å². The van der Waals surface area contributed by atoms with Crippen molar-refractivity contribution >= 4 is 28.5 Å². The van der Waals surface area contributed by atoms with Crippen LogP contribution in [0.15, 0.2) is 0 Å². The first kappa shape index (κ1) is 8.30. The topological polar surface area (TPSA) is 29.1 Å². The minimum Gasteiger partial charge on any atom is -0.356 e. The molecule has 3 heteroatoms. The van der Waals surface area contributed by atoms with E-state index < -0.39 is 0 Å². The molecule has 58 valence electrons. The lowest BCUT2D eigenvalue weighted by Gasteiger charge is -2.06. The van der Waals surface area contributed by atoms with Gasteiger partial charge in [-0.1, -0.05) is 22.6 Å². The molecule has 1 amide bonds. The summed E-state index contributed by atoms with van der Waals surface area (Å²) in [5.74, 6) is 0.993. The van der Waals surface area contributed by atoms with Crippen molar-refractivity contribution in [3.8, 4) is 0 Å². The molecule has 1 N–H and O–H groups in total. The lowest BCUT2D eigenvalue weighted by molar-refractivity contribution is -0.120. The molecule has 0 aliphatic carbocycles. The zero-order valence-electron chi connectivity index (χ0n) is 5.90. The van der Waals surface area contributed by atoms with Gasteiger partial charge in [-0.2, -0.15) is 0 Å². The number of carbonyl (C=O) groups excluding carboxylic acids is 1. The number of nitrogens with one attached hydrogen (secondary N) is 1. The molecule has 0 bridgehead atoms. The van der Waals surface area contributed by atoms with Crippen LogP contribution in [0, 0.1) is 5.92 Å². The molecular formula is C7H12INO. The minimum absolute atomic E-state index is 0.229. The van der Waals surface area contributed by atoms with E-state index in [1.54, 1.807) is 0 Å². The van der Waals surface area contributed by atoms with E-state index in [1.165, 1.54) is 4.43 Å². The third-order valence-corrected chi connectivity index (χ3v) is 3.12. The van der Waals surface area contributed by atoms with E-state index in [2.05, 4.69) is 27.9 Å². The van der Waals surface area contributed by atoms with Gasteiger partial charge in [-0.25, -0.2) is 0 Å². The van der Waals surface area contributed by atoms with Gasteiger partial charge >= 0.3 is 0 Å². The van der Waals surface area contributed by atoms with Gasteiger partial charge in [0, 0.05) is 17.4 Å². The van der Waals surface area contributed by atoms with Gasteiger partial charge in [0.15, 0.2) is 0 Å². The predicted octanol–water partition coefficient (Wildman–Crippen LogP) is 1.34. The Morgan fingerprint density at radius 2 is 2.40 bits per heavy atom. The zero-order chi connectivity index (χ0) is 7.40. The molecule has 1 unspecified atom stereocenters. The van der Waals surface area contributed by atoms with Crippen molar-refractivity contribution in [2.45, 2.75) is 19.3 Å². The maximum Gasteiger partial charge on any atom is 0.220 e. The largest absolute Gasteiger partial charge is 0.356 e. The van der Waals surface area contributed by atoms with Crippen LogP contribution in [0.4, 0.5) is 0 Å². The molecule has 1 fully saturated rings. The highest BCUT2D eigenvalue weighted by Gasteiger charge is 2.13. The van der Waals surface area contributed by atoms with Crippen molar-refractivity contribution in [3.63, 3.8) is 0 Å². The SMILES string of the molecule is O=C1CCC(CI)CCN1. The average molecular weight is 253 g/mol. The summed E-state index contributed by atoms with van der Waals surface area (Å²) in [5, 5.41) is 2.87. The number of rotatable bonds is 1. The Labute approximate surface area is 74.9 Å². The molecule has 1 aliphatic heterocycles. The maximum atomic E-state index is 10.8. The van der Waals surface area contributed by atoms with Gasteiger partial charge in [0.25, 0.3) is 0 Å². The Balaban J connectivity index is 2.33. The highest BCUT2D eigenvalue weighted by molar-refractivity contribution is 14.1. The van der Waals surface area contributed by atoms with E-state index in [-0.39, 0.29) is 5.91 Å². The fourth-order valence-corrected chi connectivity index (χ4v) is 2.02. The van der Waals surface area contributed by atoms with E-state index in [9.17, 15) is 4.79 Å². The highest BCUT2D eigenvalue weighted by Crippen LogP contribution is 2.15. The monoisotopic (exact) mass is 253 g/mol. The van der Waals surface area contributed by atoms with Crippen LogP contribution in [-0.4, -0.2) is 16.9 Å². The summed E-state index contributed by atoms with van der Waals surface area (Å²) in [6.07, 6.45) is 2.97. The number of amides is 1. The van der Waals surface area contributed by atoms with Gasteiger partial charge in [-0.05, 0) is 18.8 Å². The molecule has 0 saturated carbocycles. The van der Waals surface area contributed by atoms with Crippen molar-refractivity contribution in [1.29, 1.82) is 0 Å². The number of halogens is 1. The fraction of sp³-hybridized carbons (Fsp3) is 0.857. The summed E-state index contributed by atoms with van der Waals surface area (Å²) >= 11 is 2.39. The van der Waals surface area contributed by atoms with Crippen molar-refractivity contribution in [1.82, 2.24) is 5.32 Å². The minimum atomic E-state index is 0.229. The van der Waals surface area contributed by atoms with Crippen molar-refractivity contribution in [2.75, 3.05) is 11.0 Å². The molecule has 0 spiro atoms. The zero-order valence-corrected chi connectivity index (χ0v) is 8.06. The molecule has 10 heavy (non-hydrogen) atoms. The third kappa shape index (κ3) is 2.44. The lowest BCUT2D eigenvalue weighted by Crippen LogP contribution is -2.21. The fourth-order valence-electron chi connectivity index (χ4n) is 1.14. The second-order valence-corrected chi connectivity index (χ2v) is 3.58. The van der Waals surface area contributed by atoms with E-state index in [1.807, 2.05) is 0 Å². The lowest BCUT2D eigenvalue weighted by atomic mass is 10.0. The average Bonchev–Trinajstić information content (AvgIpc) is 2.14. The van der Waals surface area contributed by atoms with E-state index in [0.717, 1.165) is 31.7 Å². The standard InChI is InChI=1S/C7H12INO/c8-5-6-1-2-7(10)9-4-3-6/h6H,1-5H2,(H,9,10). The van der Waals surface area contributed by atoms with Gasteiger partial charge in [0.05, 0.1) is 0 Å². The molecule has 0 aromatic heterocycles. The Kier molecular flexibility index (Phi) is 3.45. The summed E-state index contributed by atoms with van der Waals surface area (Å²) in [7, 11) is 0. The summed E-state index contributed by atoms with van der Waals surface area (Å²) in [5.41, 5.74) is 0. The van der Waals surface area contributed by atoms with Crippen LogP contribution in [0.1, 0.15) is 19.3 Å². The molecule has 1 heterocycles. The molecule has 0 radical (unpaired) electrons. The predicted molar refractivity (Wildman–Crippen MR) is 49.2 cm³/mol. The van der Waals surface area contributed by atoms with Crippen LogP contribution >= 0.6 is 22.6 Å². The van der Waals surface area contributed by atoms with Crippen LogP contribution in [0.25, 0.3) is 0 Å².